The van der Waals surface area contributed by atoms with Gasteiger partial charge in [-0.25, -0.2) is 0 Å². The number of aliphatic hydroxyl groups excluding tert-OH is 1. The number of aliphatic hydroxyl groups is 1. The molecule has 0 saturated carbocycles. The molecule has 0 amide bonds. The third kappa shape index (κ3) is 11.8. The van der Waals surface area contributed by atoms with Gasteiger partial charge in [-0.2, -0.15) is 0 Å². The predicted octanol–water partition coefficient (Wildman–Crippen LogP) is 3.67. The predicted molar refractivity (Wildman–Crippen MR) is 102 cm³/mol. The molecule has 1 heterocycles. The maximum atomic E-state index is 10.9. The zero-order valence-electron chi connectivity index (χ0n) is 15.7. The molecule has 0 aromatic rings. The average Bonchev–Trinajstić information content (AvgIpc) is 3.40. The molecule has 5 nitrogen and oxygen atoms in total. The molecule has 0 aromatic heterocycles. The first kappa shape index (κ1) is 22.3. The fraction of sp³-hybridized carbons (Fsp3) is 0.619. The Labute approximate surface area is 156 Å². The number of allylic oxidation sites excluding steroid dienone is 2. The third-order valence-corrected chi connectivity index (χ3v) is 4.15. The number of hydrogen-bond acceptors (Lipinski definition) is 5. The highest BCUT2D eigenvalue weighted by Crippen LogP contribution is 2.27. The second-order valence-corrected chi connectivity index (χ2v) is 6.43. The third-order valence-electron chi connectivity index (χ3n) is 4.15. The number of methoxy groups -OCH3 is 1. The van der Waals surface area contributed by atoms with Crippen LogP contribution < -0.4 is 0 Å². The van der Waals surface area contributed by atoms with E-state index in [1.165, 1.54) is 7.11 Å². The summed E-state index contributed by atoms with van der Waals surface area (Å²) in [5.41, 5.74) is 0. The summed E-state index contributed by atoms with van der Waals surface area (Å²) in [4.78, 5) is 21.1. The van der Waals surface area contributed by atoms with E-state index in [9.17, 15) is 14.7 Å². The molecule has 3 atom stereocenters. The highest BCUT2D eigenvalue weighted by molar-refractivity contribution is 5.69. The molecule has 0 aromatic carbocycles. The van der Waals surface area contributed by atoms with Gasteiger partial charge in [-0.1, -0.05) is 36.5 Å². The van der Waals surface area contributed by atoms with Crippen LogP contribution in [0.25, 0.3) is 0 Å². The molecular weight excluding hydrogens is 332 g/mol. The Morgan fingerprint density at radius 1 is 1.12 bits per heavy atom. The summed E-state index contributed by atoms with van der Waals surface area (Å²) in [5, 5.41) is 9.91. The first-order chi connectivity index (χ1) is 12.7. The largest absolute Gasteiger partial charge is 0.469 e. The molecule has 0 radical (unpaired) electrons. The Balaban J connectivity index is 2.03. The maximum Gasteiger partial charge on any atom is 0.305 e. The lowest BCUT2D eigenvalue weighted by Crippen LogP contribution is -2.01. The van der Waals surface area contributed by atoms with Gasteiger partial charge in [0.1, 0.15) is 12.4 Å². The van der Waals surface area contributed by atoms with Crippen molar-refractivity contribution >= 4 is 12.3 Å². The molecule has 0 bridgehead atoms. The lowest BCUT2D eigenvalue weighted by molar-refractivity contribution is -0.140. The maximum absolute atomic E-state index is 10.9. The van der Waals surface area contributed by atoms with E-state index in [1.54, 1.807) is 6.08 Å². The summed E-state index contributed by atoms with van der Waals surface area (Å²) < 4.78 is 10.1. The van der Waals surface area contributed by atoms with Crippen molar-refractivity contribution in [3.8, 4) is 0 Å². The highest BCUT2D eigenvalue weighted by Gasteiger charge is 2.34. The van der Waals surface area contributed by atoms with Gasteiger partial charge in [-0.15, -0.1) is 0 Å². The van der Waals surface area contributed by atoms with Crippen LogP contribution in [0, 0.1) is 0 Å². The first-order valence-electron chi connectivity index (χ1n) is 9.49. The minimum Gasteiger partial charge on any atom is -0.469 e. The van der Waals surface area contributed by atoms with Gasteiger partial charge in [0, 0.05) is 12.8 Å². The SMILES string of the molecule is COC(=O)CCC/C=C/CC(O)/C=C/C1OC1C/C=C/CCCCC=O. The second kappa shape index (κ2) is 14.4. The fourth-order valence-electron chi connectivity index (χ4n) is 2.49. The summed E-state index contributed by atoms with van der Waals surface area (Å²) in [6.07, 6.45) is 19.8. The molecule has 0 spiro atoms. The Morgan fingerprint density at radius 3 is 2.62 bits per heavy atom. The van der Waals surface area contributed by atoms with Crippen molar-refractivity contribution in [3.05, 3.63) is 36.5 Å². The van der Waals surface area contributed by atoms with Gasteiger partial charge in [-0.3, -0.25) is 4.79 Å². The number of esters is 1. The van der Waals surface area contributed by atoms with Gasteiger partial charge in [0.15, 0.2) is 0 Å². The van der Waals surface area contributed by atoms with Gasteiger partial charge >= 0.3 is 5.97 Å². The quantitative estimate of drug-likeness (QED) is 0.158. The zero-order chi connectivity index (χ0) is 19.0. The summed E-state index contributed by atoms with van der Waals surface area (Å²) in [6.45, 7) is 0. The second-order valence-electron chi connectivity index (χ2n) is 6.43. The molecular formula is C21H32O5. The summed E-state index contributed by atoms with van der Waals surface area (Å²) in [5.74, 6) is -0.187. The van der Waals surface area contributed by atoms with Gasteiger partial charge in [0.05, 0.1) is 19.3 Å². The molecule has 1 rings (SSSR count). The smallest absolute Gasteiger partial charge is 0.305 e. The van der Waals surface area contributed by atoms with E-state index in [1.807, 2.05) is 18.2 Å². The number of carbonyl (C=O) groups excluding carboxylic acids is 2. The molecule has 1 saturated heterocycles. The van der Waals surface area contributed by atoms with Crippen molar-refractivity contribution in [1.29, 1.82) is 0 Å². The number of rotatable bonds is 15. The van der Waals surface area contributed by atoms with Crippen LogP contribution >= 0.6 is 0 Å². The molecule has 0 aliphatic carbocycles. The van der Waals surface area contributed by atoms with Gasteiger partial charge in [0.25, 0.3) is 0 Å². The van der Waals surface area contributed by atoms with E-state index in [0.29, 0.717) is 19.3 Å². The van der Waals surface area contributed by atoms with Crippen molar-refractivity contribution in [2.24, 2.45) is 0 Å². The summed E-state index contributed by atoms with van der Waals surface area (Å²) >= 11 is 0. The van der Waals surface area contributed by atoms with Crippen LogP contribution in [-0.4, -0.2) is 42.8 Å². The molecule has 146 valence electrons. The number of hydrogen-bond donors (Lipinski definition) is 1. The van der Waals surface area contributed by atoms with E-state index in [0.717, 1.165) is 44.8 Å². The van der Waals surface area contributed by atoms with E-state index in [2.05, 4.69) is 16.9 Å². The Hall–Kier alpha value is -1.72. The van der Waals surface area contributed by atoms with Gasteiger partial charge < -0.3 is 19.4 Å². The average molecular weight is 364 g/mol. The lowest BCUT2D eigenvalue weighted by Gasteiger charge is -2.00. The topological polar surface area (TPSA) is 76.1 Å². The summed E-state index contributed by atoms with van der Waals surface area (Å²) in [6, 6.07) is 0. The Bertz CT molecular complexity index is 481. The Morgan fingerprint density at radius 2 is 1.85 bits per heavy atom. The Kier molecular flexibility index (Phi) is 12.4. The van der Waals surface area contributed by atoms with Crippen LogP contribution in [0.4, 0.5) is 0 Å². The molecule has 3 unspecified atom stereocenters. The van der Waals surface area contributed by atoms with E-state index < -0.39 is 6.10 Å². The number of unbranched alkanes of at least 4 members (excludes halogenated alkanes) is 4. The van der Waals surface area contributed by atoms with E-state index in [-0.39, 0.29) is 18.2 Å². The van der Waals surface area contributed by atoms with Crippen molar-refractivity contribution in [3.63, 3.8) is 0 Å². The van der Waals surface area contributed by atoms with E-state index >= 15 is 0 Å². The highest BCUT2D eigenvalue weighted by atomic mass is 16.6. The molecule has 5 heteroatoms. The monoisotopic (exact) mass is 364 g/mol. The van der Waals surface area contributed by atoms with Crippen molar-refractivity contribution in [2.75, 3.05) is 7.11 Å². The van der Waals surface area contributed by atoms with Crippen LogP contribution in [-0.2, 0) is 19.1 Å². The number of epoxide rings is 1. The van der Waals surface area contributed by atoms with Crippen LogP contribution in [0.15, 0.2) is 36.5 Å². The zero-order valence-corrected chi connectivity index (χ0v) is 15.7. The minimum absolute atomic E-state index is 0.105. The minimum atomic E-state index is -0.509. The first-order valence-corrected chi connectivity index (χ1v) is 9.49. The molecule has 1 N–H and O–H groups in total. The van der Waals surface area contributed by atoms with Crippen LogP contribution in [0.5, 0.6) is 0 Å². The van der Waals surface area contributed by atoms with Crippen LogP contribution in [0.3, 0.4) is 0 Å². The van der Waals surface area contributed by atoms with Crippen molar-refractivity contribution in [2.45, 2.75) is 76.1 Å². The lowest BCUT2D eigenvalue weighted by atomic mass is 10.1. The summed E-state index contributed by atoms with van der Waals surface area (Å²) in [7, 11) is 1.39. The standard InChI is InChI=1S/C21H32O5/c1-25-21(24)14-10-6-5-8-12-18(23)15-16-20-19(26-20)13-9-4-2-3-7-11-17-22/h4-5,8-9,15-20,23H,2-3,6-7,10-14H2,1H3/b8-5+,9-4+,16-15+. The molecule has 1 aliphatic heterocycles. The molecule has 1 aliphatic rings. The van der Waals surface area contributed by atoms with Crippen LogP contribution in [0.1, 0.15) is 57.8 Å². The van der Waals surface area contributed by atoms with Gasteiger partial charge in [0.2, 0.25) is 0 Å². The number of ether oxygens (including phenoxy) is 2. The van der Waals surface area contributed by atoms with Crippen molar-refractivity contribution < 1.29 is 24.2 Å². The normalized spacial score (nSPS) is 20.8. The van der Waals surface area contributed by atoms with Crippen molar-refractivity contribution in [1.82, 2.24) is 0 Å². The van der Waals surface area contributed by atoms with Crippen LogP contribution in [0.2, 0.25) is 0 Å². The number of aldehydes is 1. The molecule has 26 heavy (non-hydrogen) atoms. The fourth-order valence-corrected chi connectivity index (χ4v) is 2.49. The molecule has 1 fully saturated rings. The van der Waals surface area contributed by atoms with Gasteiger partial charge in [-0.05, 0) is 44.9 Å². The van der Waals surface area contributed by atoms with E-state index in [4.69, 9.17) is 4.74 Å². The number of carbonyl (C=O) groups is 2.